The lowest BCUT2D eigenvalue weighted by Crippen LogP contribution is -2.14. The highest BCUT2D eigenvalue weighted by molar-refractivity contribution is 5.87. The molecular formula is C13H12O5. The summed E-state index contributed by atoms with van der Waals surface area (Å²) in [5.41, 5.74) is 0.975. The van der Waals surface area contributed by atoms with Gasteiger partial charge in [0, 0.05) is 30.5 Å². The molecule has 0 amide bonds. The van der Waals surface area contributed by atoms with Crippen molar-refractivity contribution in [2.45, 2.75) is 12.7 Å². The van der Waals surface area contributed by atoms with Crippen LogP contribution in [0.4, 0.5) is 0 Å². The summed E-state index contributed by atoms with van der Waals surface area (Å²) in [6.45, 7) is 0. The SMILES string of the molecule is COc1c2c(cc3ccc(=O)oc13)CC(OC)O2. The van der Waals surface area contributed by atoms with Gasteiger partial charge in [-0.25, -0.2) is 4.79 Å². The smallest absolute Gasteiger partial charge is 0.336 e. The van der Waals surface area contributed by atoms with Crippen LogP contribution in [-0.2, 0) is 11.2 Å². The van der Waals surface area contributed by atoms with E-state index >= 15 is 0 Å². The normalized spacial score (nSPS) is 17.6. The summed E-state index contributed by atoms with van der Waals surface area (Å²) < 4.78 is 21.3. The van der Waals surface area contributed by atoms with E-state index in [0.29, 0.717) is 23.5 Å². The van der Waals surface area contributed by atoms with Crippen LogP contribution in [0, 0.1) is 0 Å². The van der Waals surface area contributed by atoms with E-state index in [4.69, 9.17) is 18.6 Å². The standard InChI is InChI=1S/C13H12O5/c1-15-10-6-8-5-7-3-4-9(14)17-11(7)13(16-2)12(8)18-10/h3-5,10H,6H2,1-2H3. The summed E-state index contributed by atoms with van der Waals surface area (Å²) >= 11 is 0. The van der Waals surface area contributed by atoms with Crippen LogP contribution in [0.5, 0.6) is 11.5 Å². The van der Waals surface area contributed by atoms with Crippen LogP contribution in [0.15, 0.2) is 27.4 Å². The van der Waals surface area contributed by atoms with Crippen LogP contribution < -0.4 is 15.1 Å². The zero-order valence-corrected chi connectivity index (χ0v) is 10.1. The van der Waals surface area contributed by atoms with Gasteiger partial charge in [0.25, 0.3) is 0 Å². The lowest BCUT2D eigenvalue weighted by Gasteiger charge is -2.10. The summed E-state index contributed by atoms with van der Waals surface area (Å²) in [7, 11) is 3.11. The Labute approximate surface area is 103 Å². The molecule has 0 bridgehead atoms. The van der Waals surface area contributed by atoms with Gasteiger partial charge in [0.1, 0.15) is 0 Å². The maximum Gasteiger partial charge on any atom is 0.336 e. The zero-order chi connectivity index (χ0) is 12.7. The van der Waals surface area contributed by atoms with E-state index < -0.39 is 5.63 Å². The van der Waals surface area contributed by atoms with E-state index in [1.165, 1.54) is 13.2 Å². The minimum absolute atomic E-state index is 0.322. The Morgan fingerprint density at radius 3 is 2.89 bits per heavy atom. The van der Waals surface area contributed by atoms with Crippen LogP contribution in [0.25, 0.3) is 11.0 Å². The highest BCUT2D eigenvalue weighted by Gasteiger charge is 2.28. The van der Waals surface area contributed by atoms with Crippen molar-refractivity contribution in [3.63, 3.8) is 0 Å². The second-order valence-corrected chi connectivity index (χ2v) is 4.06. The van der Waals surface area contributed by atoms with Gasteiger partial charge >= 0.3 is 5.63 Å². The molecule has 0 fully saturated rings. The molecule has 1 unspecified atom stereocenters. The Hall–Kier alpha value is -2.01. The molecule has 1 aromatic carbocycles. The molecule has 2 heterocycles. The Kier molecular flexibility index (Phi) is 2.48. The van der Waals surface area contributed by atoms with Crippen molar-refractivity contribution in [2.24, 2.45) is 0 Å². The van der Waals surface area contributed by atoms with E-state index in [0.717, 1.165) is 10.9 Å². The van der Waals surface area contributed by atoms with E-state index in [1.807, 2.05) is 6.07 Å². The van der Waals surface area contributed by atoms with Gasteiger partial charge < -0.3 is 18.6 Å². The van der Waals surface area contributed by atoms with E-state index in [2.05, 4.69) is 0 Å². The van der Waals surface area contributed by atoms with Crippen molar-refractivity contribution in [2.75, 3.05) is 14.2 Å². The summed E-state index contributed by atoms with van der Waals surface area (Å²) in [5, 5.41) is 0.811. The third-order valence-corrected chi connectivity index (χ3v) is 3.00. The van der Waals surface area contributed by atoms with Crippen LogP contribution in [0.3, 0.4) is 0 Å². The third kappa shape index (κ3) is 1.55. The third-order valence-electron chi connectivity index (χ3n) is 3.00. The molecule has 1 aliphatic rings. The Morgan fingerprint density at radius 2 is 2.17 bits per heavy atom. The van der Waals surface area contributed by atoms with Crippen molar-refractivity contribution in [1.29, 1.82) is 0 Å². The minimum Gasteiger partial charge on any atom is -0.490 e. The van der Waals surface area contributed by atoms with Gasteiger partial charge in [0.15, 0.2) is 11.3 Å². The number of rotatable bonds is 2. The number of benzene rings is 1. The first kappa shape index (κ1) is 11.1. The van der Waals surface area contributed by atoms with E-state index in [1.54, 1.807) is 13.2 Å². The first-order valence-electron chi connectivity index (χ1n) is 5.56. The van der Waals surface area contributed by atoms with E-state index in [9.17, 15) is 4.79 Å². The van der Waals surface area contributed by atoms with Gasteiger partial charge in [0.2, 0.25) is 12.0 Å². The van der Waals surface area contributed by atoms with Crippen LogP contribution in [0.2, 0.25) is 0 Å². The Morgan fingerprint density at radius 1 is 1.33 bits per heavy atom. The first-order valence-corrected chi connectivity index (χ1v) is 5.56. The van der Waals surface area contributed by atoms with Gasteiger partial charge in [-0.15, -0.1) is 0 Å². The fourth-order valence-electron chi connectivity index (χ4n) is 2.17. The maximum atomic E-state index is 11.3. The topological polar surface area (TPSA) is 57.9 Å². The molecule has 0 radical (unpaired) electrons. The Bertz CT molecular complexity index is 658. The molecule has 0 N–H and O–H groups in total. The largest absolute Gasteiger partial charge is 0.490 e. The predicted octanol–water partition coefficient (Wildman–Crippen LogP) is 1.71. The molecule has 2 aromatic rings. The minimum atomic E-state index is -0.415. The number of hydrogen-bond donors (Lipinski definition) is 0. The predicted molar refractivity (Wildman–Crippen MR) is 64.2 cm³/mol. The van der Waals surface area contributed by atoms with E-state index in [-0.39, 0.29) is 6.29 Å². The highest BCUT2D eigenvalue weighted by atomic mass is 16.7. The molecule has 0 saturated heterocycles. The fraction of sp³-hybridized carbons (Fsp3) is 0.308. The van der Waals surface area contributed by atoms with Gasteiger partial charge in [-0.2, -0.15) is 0 Å². The molecule has 5 nitrogen and oxygen atoms in total. The summed E-state index contributed by atoms with van der Waals surface area (Å²) in [6, 6.07) is 5.02. The highest BCUT2D eigenvalue weighted by Crippen LogP contribution is 2.43. The molecule has 1 atom stereocenters. The molecule has 5 heteroatoms. The van der Waals surface area contributed by atoms with Crippen LogP contribution >= 0.6 is 0 Å². The molecule has 0 saturated carbocycles. The second-order valence-electron chi connectivity index (χ2n) is 4.06. The lowest BCUT2D eigenvalue weighted by molar-refractivity contribution is -0.0376. The zero-order valence-electron chi connectivity index (χ0n) is 10.1. The number of ether oxygens (including phenoxy) is 3. The molecule has 0 spiro atoms. The average Bonchev–Trinajstić information content (AvgIpc) is 2.78. The van der Waals surface area contributed by atoms with Crippen LogP contribution in [0.1, 0.15) is 5.56 Å². The maximum absolute atomic E-state index is 11.3. The van der Waals surface area contributed by atoms with Crippen molar-refractivity contribution in [3.05, 3.63) is 34.2 Å². The quantitative estimate of drug-likeness (QED) is 0.757. The molecule has 0 aliphatic carbocycles. The van der Waals surface area contributed by atoms with Gasteiger partial charge in [0.05, 0.1) is 7.11 Å². The Balaban J connectivity index is 2.29. The molecule has 1 aliphatic heterocycles. The number of methoxy groups -OCH3 is 2. The summed E-state index contributed by atoms with van der Waals surface area (Å²) in [4.78, 5) is 11.3. The number of hydrogen-bond acceptors (Lipinski definition) is 5. The summed E-state index contributed by atoms with van der Waals surface area (Å²) in [6.07, 6.45) is 0.328. The first-order chi connectivity index (χ1) is 8.72. The summed E-state index contributed by atoms with van der Waals surface area (Å²) in [5.74, 6) is 1.03. The second kappa shape index (κ2) is 4.03. The molecule has 94 valence electrons. The number of fused-ring (bicyclic) bond motifs is 2. The fourth-order valence-corrected chi connectivity index (χ4v) is 2.17. The van der Waals surface area contributed by atoms with Crippen LogP contribution in [-0.4, -0.2) is 20.5 Å². The lowest BCUT2D eigenvalue weighted by atomic mass is 10.1. The van der Waals surface area contributed by atoms with Crippen molar-refractivity contribution >= 4 is 11.0 Å². The molecule has 18 heavy (non-hydrogen) atoms. The molecule has 3 rings (SSSR count). The van der Waals surface area contributed by atoms with Crippen molar-refractivity contribution in [1.82, 2.24) is 0 Å². The average molecular weight is 248 g/mol. The van der Waals surface area contributed by atoms with Crippen molar-refractivity contribution < 1.29 is 18.6 Å². The molecular weight excluding hydrogens is 236 g/mol. The molecule has 1 aromatic heterocycles. The van der Waals surface area contributed by atoms with Gasteiger partial charge in [-0.1, -0.05) is 0 Å². The van der Waals surface area contributed by atoms with Gasteiger partial charge in [-0.3, -0.25) is 0 Å². The monoisotopic (exact) mass is 248 g/mol. The van der Waals surface area contributed by atoms with Gasteiger partial charge in [-0.05, 0) is 12.1 Å². The van der Waals surface area contributed by atoms with Crippen molar-refractivity contribution in [3.8, 4) is 11.5 Å².